The fourth-order valence-corrected chi connectivity index (χ4v) is 2.23. The standard InChI is InChI=1S/C15H24N2O4/c1-13(2,3)10-8-15(21-7,17(20)16-19)9-11(12(10)18)14(4,5)6/h8-9,20H,1-7H3/p+1. The molecule has 0 aliphatic heterocycles. The van der Waals surface area contributed by atoms with Gasteiger partial charge in [-0.25, -0.2) is 0 Å². The maximum Gasteiger partial charge on any atom is 0.386 e. The maximum absolute atomic E-state index is 12.7. The van der Waals surface area contributed by atoms with E-state index in [4.69, 9.17) is 9.94 Å². The molecule has 21 heavy (non-hydrogen) atoms. The van der Waals surface area contributed by atoms with Crippen molar-refractivity contribution in [3.8, 4) is 0 Å². The van der Waals surface area contributed by atoms with Crippen LogP contribution < -0.4 is 0 Å². The fraction of sp³-hybridized carbons (Fsp3) is 0.667. The molecule has 1 aliphatic carbocycles. The van der Waals surface area contributed by atoms with Gasteiger partial charge in [-0.15, -0.1) is 0 Å². The molecule has 0 aromatic rings. The highest BCUT2D eigenvalue weighted by Crippen LogP contribution is 2.41. The van der Waals surface area contributed by atoms with Gasteiger partial charge in [0.25, 0.3) is 0 Å². The van der Waals surface area contributed by atoms with Crippen LogP contribution in [0, 0.1) is 10.8 Å². The fourth-order valence-electron chi connectivity index (χ4n) is 2.23. The Bertz CT molecular complexity index is 497. The van der Waals surface area contributed by atoms with Crippen LogP contribution >= 0.6 is 0 Å². The second kappa shape index (κ2) is 5.26. The molecule has 2 N–H and O–H groups in total. The monoisotopic (exact) mass is 297 g/mol. The molecule has 0 saturated heterocycles. The Morgan fingerprint density at radius 3 is 1.71 bits per heavy atom. The van der Waals surface area contributed by atoms with E-state index >= 15 is 0 Å². The third kappa shape index (κ3) is 3.15. The zero-order chi connectivity index (χ0) is 16.6. The summed E-state index contributed by atoms with van der Waals surface area (Å²) in [6.45, 7) is 11.4. The number of hydrogen-bond donors (Lipinski definition) is 2. The van der Waals surface area contributed by atoms with Crippen LogP contribution in [0.5, 0.6) is 0 Å². The smallest absolute Gasteiger partial charge is 0.359 e. The minimum atomic E-state index is -1.51. The van der Waals surface area contributed by atoms with Crippen LogP contribution in [-0.4, -0.2) is 33.9 Å². The third-order valence-electron chi connectivity index (χ3n) is 3.53. The number of ether oxygens (including phenoxy) is 1. The molecule has 0 unspecified atom stereocenters. The second-order valence-electron chi connectivity index (χ2n) is 7.28. The zero-order valence-corrected chi connectivity index (χ0v) is 13.8. The lowest BCUT2D eigenvalue weighted by Gasteiger charge is -2.33. The van der Waals surface area contributed by atoms with Crippen molar-refractivity contribution in [1.29, 1.82) is 0 Å². The summed E-state index contributed by atoms with van der Waals surface area (Å²) < 4.78 is 5.35. The van der Waals surface area contributed by atoms with Crippen molar-refractivity contribution in [2.75, 3.05) is 7.11 Å². The second-order valence-corrected chi connectivity index (χ2v) is 7.28. The summed E-state index contributed by atoms with van der Waals surface area (Å²) in [6, 6.07) is 0. The lowest BCUT2D eigenvalue weighted by atomic mass is 9.71. The summed E-state index contributed by atoms with van der Waals surface area (Å²) in [5.41, 5.74) is -1.39. The van der Waals surface area contributed by atoms with Crippen molar-refractivity contribution >= 4 is 5.78 Å². The number of hydroxylamine groups is 1. The number of rotatable bonds is 2. The quantitative estimate of drug-likeness (QED) is 0.355. The molecule has 1 aliphatic rings. The number of ketones is 1. The first-order valence-electron chi connectivity index (χ1n) is 6.79. The molecule has 0 atom stereocenters. The van der Waals surface area contributed by atoms with Crippen molar-refractivity contribution in [3.05, 3.63) is 23.3 Å². The summed E-state index contributed by atoms with van der Waals surface area (Å²) in [6.07, 6.45) is 2.98. The zero-order valence-electron chi connectivity index (χ0n) is 13.8. The van der Waals surface area contributed by atoms with Crippen molar-refractivity contribution < 1.29 is 24.8 Å². The summed E-state index contributed by atoms with van der Waals surface area (Å²) in [7, 11) is 1.37. The Hall–Kier alpha value is -1.69. The average Bonchev–Trinajstić information content (AvgIpc) is 2.35. The summed E-state index contributed by atoms with van der Waals surface area (Å²) in [5, 5.41) is 21.6. The van der Waals surface area contributed by atoms with Crippen LogP contribution in [0.25, 0.3) is 0 Å². The Balaban J connectivity index is 3.66. The van der Waals surface area contributed by atoms with Gasteiger partial charge in [-0.05, 0) is 10.8 Å². The number of allylic oxidation sites excluding steroid dienone is 2. The van der Waals surface area contributed by atoms with Gasteiger partial charge in [-0.3, -0.25) is 10.0 Å². The molecule has 0 aromatic carbocycles. The summed E-state index contributed by atoms with van der Waals surface area (Å²) in [4.78, 5) is 13.1. The Morgan fingerprint density at radius 1 is 1.10 bits per heavy atom. The van der Waals surface area contributed by atoms with Crippen LogP contribution in [0.4, 0.5) is 0 Å². The van der Waals surface area contributed by atoms with E-state index in [-0.39, 0.29) is 5.78 Å². The van der Waals surface area contributed by atoms with Crippen LogP contribution in [-0.2, 0) is 9.53 Å². The van der Waals surface area contributed by atoms with E-state index in [1.54, 1.807) is 0 Å². The van der Waals surface area contributed by atoms with Crippen LogP contribution in [0.15, 0.2) is 28.6 Å². The Labute approximate surface area is 125 Å². The molecule has 6 heteroatoms. The summed E-state index contributed by atoms with van der Waals surface area (Å²) in [5.74, 6) is -0.0889. The van der Waals surface area contributed by atoms with Gasteiger partial charge in [0.1, 0.15) is 0 Å². The molecule has 0 fully saturated rings. The molecule has 0 bridgehead atoms. The molecule has 0 spiro atoms. The average molecular weight is 297 g/mol. The SMILES string of the molecule is COC1([N+](O)=NO)C=C(C(C)(C)C)C(=O)C(C(C)(C)C)=C1. The van der Waals surface area contributed by atoms with Crippen molar-refractivity contribution in [3.63, 3.8) is 0 Å². The van der Waals surface area contributed by atoms with Crippen LogP contribution in [0.2, 0.25) is 0 Å². The van der Waals surface area contributed by atoms with Gasteiger partial charge in [0, 0.05) is 30.4 Å². The van der Waals surface area contributed by atoms with Gasteiger partial charge >= 0.3 is 5.72 Å². The number of carbonyl (C=O) groups excluding carboxylic acids is 1. The van der Waals surface area contributed by atoms with E-state index in [1.807, 2.05) is 41.5 Å². The predicted octanol–water partition coefficient (Wildman–Crippen LogP) is 3.10. The van der Waals surface area contributed by atoms with E-state index < -0.39 is 16.6 Å². The molecular formula is C15H25N2O4+. The predicted molar refractivity (Wildman–Crippen MR) is 76.1 cm³/mol. The number of methoxy groups -OCH3 is 1. The minimum Gasteiger partial charge on any atom is -0.359 e. The van der Waals surface area contributed by atoms with Gasteiger partial charge in [-0.2, -0.15) is 0 Å². The Kier molecular flexibility index (Phi) is 4.34. The molecule has 1 rings (SSSR count). The molecule has 0 saturated carbocycles. The molecule has 6 nitrogen and oxygen atoms in total. The summed E-state index contributed by atoms with van der Waals surface area (Å²) >= 11 is 0. The normalized spacial score (nSPS) is 20.1. The van der Waals surface area contributed by atoms with Crippen molar-refractivity contribution in [1.82, 2.24) is 0 Å². The first-order valence-corrected chi connectivity index (χ1v) is 6.79. The molecule has 0 aromatic heterocycles. The topological polar surface area (TPSA) is 82.1 Å². The third-order valence-corrected chi connectivity index (χ3v) is 3.53. The van der Waals surface area contributed by atoms with Crippen molar-refractivity contribution in [2.45, 2.75) is 47.3 Å². The van der Waals surface area contributed by atoms with Gasteiger partial charge < -0.3 is 9.94 Å². The first kappa shape index (κ1) is 17.4. The molecule has 0 amide bonds. The minimum absolute atomic E-state index is 0.0889. The lowest BCUT2D eigenvalue weighted by Crippen LogP contribution is -2.44. The first-order chi connectivity index (χ1) is 9.39. The number of Topliss-reactive ketones (excluding diaryl/α,β-unsaturated/α-hetero) is 1. The largest absolute Gasteiger partial charge is 0.386 e. The van der Waals surface area contributed by atoms with Crippen LogP contribution in [0.3, 0.4) is 0 Å². The highest BCUT2D eigenvalue weighted by Gasteiger charge is 2.50. The highest BCUT2D eigenvalue weighted by atomic mass is 16.6. The van der Waals surface area contributed by atoms with E-state index in [9.17, 15) is 10.0 Å². The number of hydrogen-bond acceptors (Lipinski definition) is 3. The molecule has 118 valence electrons. The highest BCUT2D eigenvalue weighted by molar-refractivity contribution is 6.11. The van der Waals surface area contributed by atoms with E-state index in [0.29, 0.717) is 16.0 Å². The van der Waals surface area contributed by atoms with Crippen molar-refractivity contribution in [2.24, 2.45) is 16.1 Å². The van der Waals surface area contributed by atoms with Gasteiger partial charge in [-0.1, -0.05) is 41.5 Å². The Morgan fingerprint density at radius 2 is 1.48 bits per heavy atom. The van der Waals surface area contributed by atoms with E-state index in [0.717, 1.165) is 0 Å². The number of nitrogens with zero attached hydrogens (tertiary/aromatic N) is 2. The molecular weight excluding hydrogens is 272 g/mol. The number of carbonyl (C=O) groups is 1. The van der Waals surface area contributed by atoms with Gasteiger partial charge in [0.15, 0.2) is 10.6 Å². The van der Waals surface area contributed by atoms with Gasteiger partial charge in [0.05, 0.1) is 0 Å². The van der Waals surface area contributed by atoms with Gasteiger partial charge in [0.2, 0.25) is 5.28 Å². The van der Waals surface area contributed by atoms with E-state index in [1.165, 1.54) is 19.3 Å². The molecule has 0 radical (unpaired) electrons. The van der Waals surface area contributed by atoms with E-state index in [2.05, 4.69) is 5.28 Å². The maximum atomic E-state index is 12.7. The lowest BCUT2D eigenvalue weighted by molar-refractivity contribution is -0.893. The van der Waals surface area contributed by atoms with Crippen LogP contribution in [0.1, 0.15) is 41.5 Å². The molecule has 0 heterocycles.